The van der Waals surface area contributed by atoms with Gasteiger partial charge in [-0.15, -0.1) is 0 Å². The van der Waals surface area contributed by atoms with E-state index >= 15 is 0 Å². The van der Waals surface area contributed by atoms with Gasteiger partial charge in [0.05, 0.1) is 0 Å². The van der Waals surface area contributed by atoms with Crippen LogP contribution < -0.4 is 15.9 Å². The van der Waals surface area contributed by atoms with Crippen molar-refractivity contribution in [3.63, 3.8) is 0 Å². The molecule has 6 rings (SSSR count). The van der Waals surface area contributed by atoms with Gasteiger partial charge in [-0.05, 0) is 35.7 Å². The Balaban J connectivity index is 1.38. The summed E-state index contributed by atoms with van der Waals surface area (Å²) in [5.41, 5.74) is 6.07. The second kappa shape index (κ2) is 15.3. The lowest BCUT2D eigenvalue weighted by molar-refractivity contribution is -0.302. The predicted octanol–water partition coefficient (Wildman–Crippen LogP) is -1.67. The van der Waals surface area contributed by atoms with Crippen molar-refractivity contribution < 1.29 is 84.0 Å². The molecule has 2 aliphatic heterocycles. The van der Waals surface area contributed by atoms with Crippen LogP contribution in [-0.2, 0) is 36.6 Å². The fraction of sp³-hybridized carbons (Fsp3) is 0.371. The second-order valence-electron chi connectivity index (χ2n) is 12.9. The number of carboxylic acid groups (broad SMARTS) is 1. The van der Waals surface area contributed by atoms with Gasteiger partial charge in [0.25, 0.3) is 0 Å². The highest BCUT2D eigenvalue weighted by Crippen LogP contribution is 2.40. The highest BCUT2D eigenvalue weighted by atomic mass is 16.7. The fourth-order valence-corrected chi connectivity index (χ4v) is 6.17. The van der Waals surface area contributed by atoms with Gasteiger partial charge in [0.1, 0.15) is 70.7 Å². The molecular formula is C35H36N2O18. The molecule has 2 saturated heterocycles. The SMILES string of the molecule is CCc1cc(Cc2c(OC3OC(C(=O)OC4OC(C(=O)O)C(O)C(O)C4O)C(O)C(O)C3O)cc3oc(-c4ccc(O)c(O)c4)cc(=O)c3c2O)cnc1N. The summed E-state index contributed by atoms with van der Waals surface area (Å²) in [6.07, 6.45) is -20.0. The molecule has 10 unspecified atom stereocenters. The number of ether oxygens (including phenoxy) is 4. The Morgan fingerprint density at radius 1 is 0.836 bits per heavy atom. The molecule has 4 aromatic rings. The Hall–Kier alpha value is -5.58. The zero-order chi connectivity index (χ0) is 40.0. The molecule has 0 radical (unpaired) electrons. The van der Waals surface area contributed by atoms with Gasteiger partial charge in [-0.25, -0.2) is 14.6 Å². The molecule has 294 valence electrons. The normalized spacial score (nSPS) is 28.1. The van der Waals surface area contributed by atoms with Gasteiger partial charge < -0.3 is 80.2 Å². The molecule has 12 N–H and O–H groups in total. The maximum absolute atomic E-state index is 13.5. The molecule has 0 aliphatic carbocycles. The largest absolute Gasteiger partial charge is 0.507 e. The number of pyridine rings is 1. The number of nitrogen functional groups attached to an aromatic ring is 1. The first kappa shape index (κ1) is 39.1. The van der Waals surface area contributed by atoms with Gasteiger partial charge in [-0.3, -0.25) is 4.79 Å². The standard InChI is InChI=1S/C35H36N2O18/c1-2-12-5-11(10-37-31(12)36)6-14-19(9-20-21(22(14)41)17(40)8-18(51-20)13-3-4-15(38)16(39)7-13)52-34-27(46)24(43)26(45)30(54-34)33(50)55-35-28(47)23(42)25(44)29(53-35)32(48)49/h3-5,7-10,23-30,34-35,38-39,41-47H,2,6H2,1H3,(H2,36,37)(H,48,49). The molecular weight excluding hydrogens is 736 g/mol. The minimum atomic E-state index is -2.23. The number of benzene rings is 2. The quantitative estimate of drug-likeness (QED) is 0.0669. The monoisotopic (exact) mass is 772 g/mol. The Bertz CT molecular complexity index is 2180. The third kappa shape index (κ3) is 7.44. The Kier molecular flexibility index (Phi) is 10.9. The van der Waals surface area contributed by atoms with E-state index in [4.69, 9.17) is 29.1 Å². The van der Waals surface area contributed by atoms with Crippen LogP contribution in [0.2, 0.25) is 0 Å². The molecule has 2 aromatic carbocycles. The number of aromatic nitrogens is 1. The van der Waals surface area contributed by atoms with Gasteiger partial charge in [0.15, 0.2) is 29.1 Å². The molecule has 55 heavy (non-hydrogen) atoms. The number of phenolic OH excluding ortho intramolecular Hbond substituents is 3. The highest BCUT2D eigenvalue weighted by Gasteiger charge is 2.52. The van der Waals surface area contributed by atoms with E-state index < -0.39 is 96.0 Å². The summed E-state index contributed by atoms with van der Waals surface area (Å²) in [4.78, 5) is 42.4. The average Bonchev–Trinajstić information content (AvgIpc) is 3.14. The first-order chi connectivity index (χ1) is 26.0. The van der Waals surface area contributed by atoms with E-state index in [-0.39, 0.29) is 45.8 Å². The van der Waals surface area contributed by atoms with Gasteiger partial charge in [-0.1, -0.05) is 13.0 Å². The third-order valence-electron chi connectivity index (χ3n) is 9.23. The number of aliphatic hydroxyl groups excluding tert-OH is 6. The molecule has 20 nitrogen and oxygen atoms in total. The molecule has 20 heteroatoms. The Morgan fingerprint density at radius 3 is 2.15 bits per heavy atom. The van der Waals surface area contributed by atoms with E-state index in [0.717, 1.165) is 24.3 Å². The van der Waals surface area contributed by atoms with Crippen LogP contribution in [0, 0.1) is 0 Å². The van der Waals surface area contributed by atoms with Crippen LogP contribution in [0.1, 0.15) is 23.6 Å². The predicted molar refractivity (Wildman–Crippen MR) is 181 cm³/mol. The number of aromatic hydroxyl groups is 3. The summed E-state index contributed by atoms with van der Waals surface area (Å²) in [6.45, 7) is 1.83. The van der Waals surface area contributed by atoms with Crippen LogP contribution in [0.4, 0.5) is 5.82 Å². The van der Waals surface area contributed by atoms with Crippen molar-refractivity contribution >= 4 is 28.7 Å². The van der Waals surface area contributed by atoms with E-state index in [1.54, 1.807) is 6.07 Å². The number of hydrogen-bond acceptors (Lipinski definition) is 19. The molecule has 2 fully saturated rings. The average molecular weight is 773 g/mol. The van der Waals surface area contributed by atoms with Gasteiger partial charge in [-0.2, -0.15) is 0 Å². The minimum Gasteiger partial charge on any atom is -0.507 e. The molecule has 0 saturated carbocycles. The summed E-state index contributed by atoms with van der Waals surface area (Å²) < 4.78 is 27.3. The lowest BCUT2D eigenvalue weighted by Crippen LogP contribution is -2.63. The number of nitrogens with two attached hydrogens (primary N) is 1. The number of hydrogen-bond donors (Lipinski definition) is 11. The number of esters is 1. The fourth-order valence-electron chi connectivity index (χ4n) is 6.17. The molecule has 2 aromatic heterocycles. The zero-order valence-corrected chi connectivity index (χ0v) is 28.5. The number of carbonyl (C=O) groups excluding carboxylic acids is 1. The van der Waals surface area contributed by atoms with Gasteiger partial charge in [0.2, 0.25) is 12.6 Å². The van der Waals surface area contributed by atoms with Crippen LogP contribution in [0.5, 0.6) is 23.0 Å². The van der Waals surface area contributed by atoms with Crippen LogP contribution >= 0.6 is 0 Å². The van der Waals surface area contributed by atoms with Gasteiger partial charge >= 0.3 is 11.9 Å². The van der Waals surface area contributed by atoms with Crippen LogP contribution in [0.15, 0.2) is 51.8 Å². The summed E-state index contributed by atoms with van der Waals surface area (Å²) >= 11 is 0. The number of aliphatic hydroxyl groups is 6. The summed E-state index contributed by atoms with van der Waals surface area (Å²) in [7, 11) is 0. The second-order valence-corrected chi connectivity index (χ2v) is 12.9. The number of aryl methyl sites for hydroxylation is 1. The smallest absolute Gasteiger partial charge is 0.340 e. The Labute approximate surface area is 308 Å². The van der Waals surface area contributed by atoms with E-state index in [1.807, 2.05) is 6.92 Å². The topological polar surface area (TPSA) is 342 Å². The first-order valence-electron chi connectivity index (χ1n) is 16.6. The molecule has 0 spiro atoms. The van der Waals surface area contributed by atoms with Crippen LogP contribution in [-0.4, -0.2) is 129 Å². The number of anilines is 1. The zero-order valence-electron chi connectivity index (χ0n) is 28.5. The minimum absolute atomic E-state index is 0.107. The summed E-state index contributed by atoms with van der Waals surface area (Å²) in [6, 6.07) is 7.45. The van der Waals surface area contributed by atoms with Crippen molar-refractivity contribution in [3.05, 3.63) is 69.5 Å². The first-order valence-corrected chi connectivity index (χ1v) is 16.6. The number of carbonyl (C=O) groups is 2. The van der Waals surface area contributed by atoms with Crippen molar-refractivity contribution in [1.82, 2.24) is 4.98 Å². The molecule has 0 bridgehead atoms. The molecule has 10 atom stereocenters. The maximum Gasteiger partial charge on any atom is 0.340 e. The molecule has 0 amide bonds. The highest BCUT2D eigenvalue weighted by molar-refractivity contribution is 5.88. The molecule has 2 aliphatic rings. The van der Waals surface area contributed by atoms with E-state index in [1.165, 1.54) is 12.3 Å². The van der Waals surface area contributed by atoms with Crippen molar-refractivity contribution in [3.8, 4) is 34.3 Å². The van der Waals surface area contributed by atoms with Crippen molar-refractivity contribution in [2.75, 3.05) is 5.73 Å². The Morgan fingerprint density at radius 2 is 1.49 bits per heavy atom. The number of carboxylic acids is 1. The number of nitrogens with zero attached hydrogens (tertiary/aromatic N) is 1. The number of aliphatic carboxylic acids is 1. The molecule has 4 heterocycles. The van der Waals surface area contributed by atoms with Crippen LogP contribution in [0.25, 0.3) is 22.3 Å². The lowest BCUT2D eigenvalue weighted by Gasteiger charge is -2.41. The maximum atomic E-state index is 13.5. The number of fused-ring (bicyclic) bond motifs is 1. The van der Waals surface area contributed by atoms with Gasteiger partial charge in [0, 0.05) is 35.9 Å². The lowest BCUT2D eigenvalue weighted by atomic mass is 9.97. The van der Waals surface area contributed by atoms with E-state index in [0.29, 0.717) is 17.5 Å². The van der Waals surface area contributed by atoms with Crippen molar-refractivity contribution in [1.29, 1.82) is 0 Å². The number of rotatable bonds is 9. The third-order valence-corrected chi connectivity index (χ3v) is 9.23. The van der Waals surface area contributed by atoms with Crippen molar-refractivity contribution in [2.45, 2.75) is 81.2 Å². The van der Waals surface area contributed by atoms with Crippen molar-refractivity contribution in [2.24, 2.45) is 0 Å². The van der Waals surface area contributed by atoms with E-state index in [9.17, 15) is 65.4 Å². The van der Waals surface area contributed by atoms with E-state index in [2.05, 4.69) is 4.98 Å². The summed E-state index contributed by atoms with van der Waals surface area (Å²) in [5, 5.41) is 103. The van der Waals surface area contributed by atoms with Crippen LogP contribution in [0.3, 0.4) is 0 Å². The number of phenols is 3. The summed E-state index contributed by atoms with van der Waals surface area (Å²) in [5.74, 6) is -5.22.